The molecule has 0 aliphatic carbocycles. The van der Waals surface area contributed by atoms with Crippen LogP contribution in [0.4, 0.5) is 0 Å². The quantitative estimate of drug-likeness (QED) is 0.900. The van der Waals surface area contributed by atoms with Gasteiger partial charge in [0.15, 0.2) is 5.75 Å². The van der Waals surface area contributed by atoms with Crippen molar-refractivity contribution in [3.8, 4) is 5.75 Å². The molecule has 1 atom stereocenters. The van der Waals surface area contributed by atoms with E-state index >= 15 is 0 Å². The van der Waals surface area contributed by atoms with Crippen molar-refractivity contribution in [1.29, 1.82) is 0 Å². The molecule has 1 saturated heterocycles. The lowest BCUT2D eigenvalue weighted by atomic mass is 10.00. The predicted octanol–water partition coefficient (Wildman–Crippen LogP) is 2.73. The van der Waals surface area contributed by atoms with Crippen molar-refractivity contribution >= 4 is 0 Å². The molecule has 0 saturated carbocycles. The zero-order valence-corrected chi connectivity index (χ0v) is 12.6. The molecule has 2 rings (SSSR count). The van der Waals surface area contributed by atoms with E-state index < -0.39 is 0 Å². The summed E-state index contributed by atoms with van der Waals surface area (Å²) in [6.07, 6.45) is 7.56. The van der Waals surface area contributed by atoms with E-state index in [-0.39, 0.29) is 11.2 Å². The summed E-state index contributed by atoms with van der Waals surface area (Å²) in [5, 5.41) is 9.61. The summed E-state index contributed by atoms with van der Waals surface area (Å²) in [7, 11) is 0. The van der Waals surface area contributed by atoms with Crippen LogP contribution in [-0.2, 0) is 13.1 Å². The van der Waals surface area contributed by atoms with Gasteiger partial charge in [-0.3, -0.25) is 9.69 Å². The normalized spacial score (nSPS) is 20.2. The molecule has 4 nitrogen and oxygen atoms in total. The number of piperidine rings is 1. The number of aryl methyl sites for hydroxylation is 1. The van der Waals surface area contributed by atoms with E-state index in [1.807, 2.05) is 4.57 Å². The maximum Gasteiger partial charge on any atom is 0.223 e. The van der Waals surface area contributed by atoms with Crippen LogP contribution in [0.25, 0.3) is 0 Å². The van der Waals surface area contributed by atoms with Gasteiger partial charge in [0.05, 0.1) is 6.20 Å². The monoisotopic (exact) mass is 278 g/mol. The number of pyridine rings is 1. The predicted molar refractivity (Wildman–Crippen MR) is 81.0 cm³/mol. The lowest BCUT2D eigenvalue weighted by Crippen LogP contribution is -2.39. The average molecular weight is 278 g/mol. The van der Waals surface area contributed by atoms with Crippen molar-refractivity contribution in [1.82, 2.24) is 9.47 Å². The Kier molecular flexibility index (Phi) is 5.24. The zero-order chi connectivity index (χ0) is 14.5. The number of hydrogen-bond acceptors (Lipinski definition) is 3. The molecule has 1 unspecified atom stereocenters. The lowest BCUT2D eigenvalue weighted by molar-refractivity contribution is 0.132. The van der Waals surface area contributed by atoms with E-state index in [0.29, 0.717) is 6.04 Å². The highest BCUT2D eigenvalue weighted by molar-refractivity contribution is 5.20. The van der Waals surface area contributed by atoms with Gasteiger partial charge < -0.3 is 9.67 Å². The van der Waals surface area contributed by atoms with Gasteiger partial charge in [0, 0.05) is 30.9 Å². The summed E-state index contributed by atoms with van der Waals surface area (Å²) in [6.45, 7) is 7.11. The number of nitrogens with zero attached hydrogens (tertiary/aromatic N) is 2. The first-order valence-corrected chi connectivity index (χ1v) is 7.82. The molecule has 4 heteroatoms. The Balaban J connectivity index is 2.22. The smallest absolute Gasteiger partial charge is 0.223 e. The topological polar surface area (TPSA) is 45.5 Å². The molecule has 0 spiro atoms. The first kappa shape index (κ1) is 15.1. The van der Waals surface area contributed by atoms with Gasteiger partial charge in [0.1, 0.15) is 0 Å². The van der Waals surface area contributed by atoms with Crippen LogP contribution in [0.5, 0.6) is 5.75 Å². The van der Waals surface area contributed by atoms with E-state index in [1.54, 1.807) is 12.3 Å². The standard InChI is InChI=1S/C16H26N2O2/c1-3-8-17-12-16(20)15(19)10-14(17)11-18-9-6-5-7-13(18)4-2/h10,12-13,20H,3-9,11H2,1-2H3. The molecule has 0 bridgehead atoms. The minimum Gasteiger partial charge on any atom is -0.503 e. The van der Waals surface area contributed by atoms with Gasteiger partial charge in [-0.2, -0.15) is 0 Å². The Morgan fingerprint density at radius 1 is 1.35 bits per heavy atom. The molecule has 0 amide bonds. The first-order valence-electron chi connectivity index (χ1n) is 7.82. The molecule has 1 aromatic rings. The van der Waals surface area contributed by atoms with Crippen LogP contribution in [0.3, 0.4) is 0 Å². The number of hydrogen-bond donors (Lipinski definition) is 1. The van der Waals surface area contributed by atoms with Gasteiger partial charge in [-0.1, -0.05) is 20.3 Å². The fraction of sp³-hybridized carbons (Fsp3) is 0.688. The molecular formula is C16H26N2O2. The van der Waals surface area contributed by atoms with Crippen molar-refractivity contribution in [2.24, 2.45) is 0 Å². The summed E-state index contributed by atoms with van der Waals surface area (Å²) in [4.78, 5) is 14.2. The summed E-state index contributed by atoms with van der Waals surface area (Å²) in [5.74, 6) is -0.145. The maximum atomic E-state index is 11.7. The lowest BCUT2D eigenvalue weighted by Gasteiger charge is -2.35. The first-order chi connectivity index (χ1) is 9.65. The summed E-state index contributed by atoms with van der Waals surface area (Å²) in [5.41, 5.74) is 0.757. The van der Waals surface area contributed by atoms with Crippen LogP contribution in [0.2, 0.25) is 0 Å². The second-order valence-corrected chi connectivity index (χ2v) is 5.74. The summed E-state index contributed by atoms with van der Waals surface area (Å²) in [6, 6.07) is 2.23. The van der Waals surface area contributed by atoms with Crippen molar-refractivity contribution in [3.05, 3.63) is 28.2 Å². The highest BCUT2D eigenvalue weighted by Crippen LogP contribution is 2.22. The van der Waals surface area contributed by atoms with Gasteiger partial charge in [0.2, 0.25) is 5.43 Å². The second kappa shape index (κ2) is 6.93. The Morgan fingerprint density at radius 3 is 2.85 bits per heavy atom. The number of aromatic hydroxyl groups is 1. The minimum atomic E-state index is -0.266. The number of likely N-dealkylation sites (tertiary alicyclic amines) is 1. The Labute approximate surface area is 121 Å². The van der Waals surface area contributed by atoms with Gasteiger partial charge >= 0.3 is 0 Å². The van der Waals surface area contributed by atoms with Crippen LogP contribution in [-0.4, -0.2) is 27.2 Å². The van der Waals surface area contributed by atoms with Gasteiger partial charge in [-0.15, -0.1) is 0 Å². The molecule has 20 heavy (non-hydrogen) atoms. The fourth-order valence-corrected chi connectivity index (χ4v) is 3.13. The van der Waals surface area contributed by atoms with E-state index in [1.165, 1.54) is 19.3 Å². The summed E-state index contributed by atoms with van der Waals surface area (Å²) < 4.78 is 2.03. The highest BCUT2D eigenvalue weighted by atomic mass is 16.3. The van der Waals surface area contributed by atoms with Gasteiger partial charge in [-0.25, -0.2) is 0 Å². The van der Waals surface area contributed by atoms with Gasteiger partial charge in [-0.05, 0) is 32.2 Å². The number of aromatic nitrogens is 1. The molecule has 0 aromatic carbocycles. The maximum absolute atomic E-state index is 11.7. The molecular weight excluding hydrogens is 252 g/mol. The molecule has 2 heterocycles. The van der Waals surface area contributed by atoms with E-state index in [4.69, 9.17) is 0 Å². The zero-order valence-electron chi connectivity index (χ0n) is 12.6. The van der Waals surface area contributed by atoms with Crippen molar-refractivity contribution in [3.63, 3.8) is 0 Å². The average Bonchev–Trinajstić information content (AvgIpc) is 2.45. The molecule has 1 aliphatic heterocycles. The second-order valence-electron chi connectivity index (χ2n) is 5.74. The molecule has 1 N–H and O–H groups in total. The Morgan fingerprint density at radius 2 is 2.15 bits per heavy atom. The van der Waals surface area contributed by atoms with E-state index in [0.717, 1.165) is 38.2 Å². The van der Waals surface area contributed by atoms with Crippen LogP contribution < -0.4 is 5.43 Å². The van der Waals surface area contributed by atoms with Crippen molar-refractivity contribution in [2.45, 2.75) is 65.1 Å². The number of rotatable bonds is 5. The Bertz CT molecular complexity index is 496. The van der Waals surface area contributed by atoms with Crippen molar-refractivity contribution < 1.29 is 5.11 Å². The third-order valence-electron chi connectivity index (χ3n) is 4.25. The highest BCUT2D eigenvalue weighted by Gasteiger charge is 2.21. The molecule has 1 aliphatic rings. The molecule has 1 fully saturated rings. The van der Waals surface area contributed by atoms with Crippen LogP contribution in [0.1, 0.15) is 51.6 Å². The van der Waals surface area contributed by atoms with Crippen LogP contribution >= 0.6 is 0 Å². The Hall–Kier alpha value is -1.29. The van der Waals surface area contributed by atoms with Crippen LogP contribution in [0.15, 0.2) is 17.1 Å². The van der Waals surface area contributed by atoms with Gasteiger partial charge in [0.25, 0.3) is 0 Å². The minimum absolute atomic E-state index is 0.145. The fourth-order valence-electron chi connectivity index (χ4n) is 3.13. The molecule has 0 radical (unpaired) electrons. The van der Waals surface area contributed by atoms with E-state index in [9.17, 15) is 9.90 Å². The van der Waals surface area contributed by atoms with Crippen molar-refractivity contribution in [2.75, 3.05) is 6.54 Å². The van der Waals surface area contributed by atoms with Crippen LogP contribution in [0, 0.1) is 0 Å². The molecule has 112 valence electrons. The largest absolute Gasteiger partial charge is 0.503 e. The third-order valence-corrected chi connectivity index (χ3v) is 4.25. The van der Waals surface area contributed by atoms with E-state index in [2.05, 4.69) is 18.7 Å². The third kappa shape index (κ3) is 3.42. The molecule has 1 aromatic heterocycles. The summed E-state index contributed by atoms with van der Waals surface area (Å²) >= 11 is 0. The SMILES string of the molecule is CCCn1cc(O)c(=O)cc1CN1CCCCC1CC.